The predicted octanol–water partition coefficient (Wildman–Crippen LogP) is 16.0. The lowest BCUT2D eigenvalue weighted by atomic mass is 9.95. The van der Waals surface area contributed by atoms with Crippen LogP contribution in [0.25, 0.3) is 88.0 Å². The van der Waals surface area contributed by atoms with E-state index in [9.17, 15) is 0 Å². The van der Waals surface area contributed by atoms with Gasteiger partial charge in [-0.15, -0.1) is 0 Å². The molecule has 2 heteroatoms. The van der Waals surface area contributed by atoms with Gasteiger partial charge < -0.3 is 9.32 Å². The van der Waals surface area contributed by atoms with E-state index in [1.807, 2.05) is 12.1 Å². The Hall–Kier alpha value is -7.68. The molecule has 58 heavy (non-hydrogen) atoms. The number of nitrogens with zero attached hydrogens (tertiary/aromatic N) is 1. The molecule has 272 valence electrons. The van der Waals surface area contributed by atoms with Crippen molar-refractivity contribution in [1.29, 1.82) is 0 Å². The molecule has 11 rings (SSSR count). The van der Waals surface area contributed by atoms with E-state index in [1.54, 1.807) is 0 Å². The van der Waals surface area contributed by atoms with Crippen LogP contribution in [0.2, 0.25) is 0 Å². The molecular weight excluding hydrogens is 703 g/mol. The topological polar surface area (TPSA) is 16.4 Å². The van der Waals surface area contributed by atoms with E-state index in [-0.39, 0.29) is 0 Å². The van der Waals surface area contributed by atoms with Crippen molar-refractivity contribution >= 4 is 60.5 Å². The summed E-state index contributed by atoms with van der Waals surface area (Å²) in [6.45, 7) is 0. The Balaban J connectivity index is 1.01. The minimum atomic E-state index is 0.914. The smallest absolute Gasteiger partial charge is 0.143 e. The van der Waals surface area contributed by atoms with Gasteiger partial charge in [0, 0.05) is 33.1 Å². The fourth-order valence-electron chi connectivity index (χ4n) is 8.60. The number of anilines is 3. The van der Waals surface area contributed by atoms with E-state index in [0.29, 0.717) is 0 Å². The van der Waals surface area contributed by atoms with Crippen LogP contribution in [0.15, 0.2) is 229 Å². The Morgan fingerprint density at radius 1 is 0.293 bits per heavy atom. The van der Waals surface area contributed by atoms with Gasteiger partial charge >= 0.3 is 0 Å². The molecule has 1 aromatic heterocycles. The van der Waals surface area contributed by atoms with Crippen molar-refractivity contribution in [2.24, 2.45) is 0 Å². The molecule has 0 atom stereocenters. The summed E-state index contributed by atoms with van der Waals surface area (Å²) >= 11 is 0. The Morgan fingerprint density at radius 2 is 0.845 bits per heavy atom. The van der Waals surface area contributed by atoms with Gasteiger partial charge in [0.1, 0.15) is 11.2 Å². The Labute approximate surface area is 337 Å². The average molecular weight is 740 g/mol. The molecule has 0 aliphatic rings. The molecule has 0 bridgehead atoms. The number of hydrogen-bond acceptors (Lipinski definition) is 2. The second kappa shape index (κ2) is 14.1. The highest BCUT2D eigenvalue weighted by molar-refractivity contribution is 6.15. The minimum Gasteiger partial charge on any atom is -0.455 e. The van der Waals surface area contributed by atoms with E-state index in [1.165, 1.54) is 44.2 Å². The van der Waals surface area contributed by atoms with Crippen LogP contribution in [0.5, 0.6) is 0 Å². The average Bonchev–Trinajstić information content (AvgIpc) is 3.69. The van der Waals surface area contributed by atoms with Crippen molar-refractivity contribution < 1.29 is 4.42 Å². The number of benzene rings is 10. The molecule has 0 amide bonds. The summed E-state index contributed by atoms with van der Waals surface area (Å²) in [6.07, 6.45) is 0. The molecule has 0 aliphatic heterocycles. The van der Waals surface area contributed by atoms with E-state index in [2.05, 4.69) is 217 Å². The van der Waals surface area contributed by atoms with Gasteiger partial charge in [-0.25, -0.2) is 0 Å². The number of para-hydroxylation sites is 2. The number of fused-ring (bicyclic) bond motifs is 6. The third-order valence-electron chi connectivity index (χ3n) is 11.5. The maximum atomic E-state index is 6.41. The zero-order valence-electron chi connectivity index (χ0n) is 31.7. The van der Waals surface area contributed by atoms with Gasteiger partial charge in [0.05, 0.1) is 5.69 Å². The van der Waals surface area contributed by atoms with Crippen LogP contribution in [-0.4, -0.2) is 0 Å². The molecule has 0 radical (unpaired) electrons. The normalized spacial score (nSPS) is 11.4. The highest BCUT2D eigenvalue weighted by atomic mass is 16.3. The number of rotatable bonds is 7. The number of hydrogen-bond donors (Lipinski definition) is 0. The summed E-state index contributed by atoms with van der Waals surface area (Å²) < 4.78 is 6.41. The van der Waals surface area contributed by atoms with Gasteiger partial charge in [0.2, 0.25) is 0 Å². The fraction of sp³-hybridized carbons (Fsp3) is 0. The summed E-state index contributed by atoms with van der Waals surface area (Å²) in [5.74, 6) is 0. The predicted molar refractivity (Wildman–Crippen MR) is 245 cm³/mol. The first-order valence-corrected chi connectivity index (χ1v) is 19.8. The highest BCUT2D eigenvalue weighted by Gasteiger charge is 2.19. The van der Waals surface area contributed by atoms with Crippen LogP contribution in [-0.2, 0) is 0 Å². The summed E-state index contributed by atoms with van der Waals surface area (Å²) in [5, 5.41) is 7.06. The Bertz CT molecular complexity index is 3260. The molecule has 0 fully saturated rings. The van der Waals surface area contributed by atoms with Crippen molar-refractivity contribution in [3.8, 4) is 44.5 Å². The van der Waals surface area contributed by atoms with Crippen molar-refractivity contribution in [3.63, 3.8) is 0 Å². The fourth-order valence-corrected chi connectivity index (χ4v) is 8.60. The maximum absolute atomic E-state index is 6.41. The first-order chi connectivity index (χ1) is 28.7. The van der Waals surface area contributed by atoms with Crippen LogP contribution in [0.4, 0.5) is 17.1 Å². The lowest BCUT2D eigenvalue weighted by molar-refractivity contribution is 0.672. The van der Waals surface area contributed by atoms with Crippen LogP contribution in [0.3, 0.4) is 0 Å². The summed E-state index contributed by atoms with van der Waals surface area (Å²) in [6, 6.07) is 80.7. The maximum Gasteiger partial charge on any atom is 0.143 e. The molecule has 0 spiro atoms. The second-order valence-electron chi connectivity index (χ2n) is 14.9. The van der Waals surface area contributed by atoms with Crippen LogP contribution < -0.4 is 4.90 Å². The minimum absolute atomic E-state index is 0.914. The zero-order chi connectivity index (χ0) is 38.4. The molecule has 11 aromatic rings. The van der Waals surface area contributed by atoms with Crippen molar-refractivity contribution in [2.75, 3.05) is 4.90 Å². The van der Waals surface area contributed by atoms with Gasteiger partial charge in [0.15, 0.2) is 0 Å². The number of furan rings is 1. The largest absolute Gasteiger partial charge is 0.455 e. The molecular formula is C56H37NO. The van der Waals surface area contributed by atoms with E-state index in [4.69, 9.17) is 4.42 Å². The molecule has 0 saturated carbocycles. The highest BCUT2D eigenvalue weighted by Crippen LogP contribution is 2.43. The van der Waals surface area contributed by atoms with Gasteiger partial charge in [0.25, 0.3) is 0 Å². The second-order valence-corrected chi connectivity index (χ2v) is 14.9. The van der Waals surface area contributed by atoms with Gasteiger partial charge in [-0.2, -0.15) is 0 Å². The van der Waals surface area contributed by atoms with E-state index in [0.717, 1.165) is 60.9 Å². The first-order valence-electron chi connectivity index (χ1n) is 19.8. The Kier molecular flexibility index (Phi) is 8.19. The zero-order valence-corrected chi connectivity index (χ0v) is 31.7. The van der Waals surface area contributed by atoms with E-state index >= 15 is 0 Å². The van der Waals surface area contributed by atoms with Gasteiger partial charge in [-0.3, -0.25) is 0 Å². The van der Waals surface area contributed by atoms with Crippen molar-refractivity contribution in [3.05, 3.63) is 224 Å². The Morgan fingerprint density at radius 3 is 1.67 bits per heavy atom. The third kappa shape index (κ3) is 5.91. The molecule has 0 unspecified atom stereocenters. The summed E-state index contributed by atoms with van der Waals surface area (Å²) in [5.41, 5.74) is 14.6. The molecule has 0 aliphatic carbocycles. The van der Waals surface area contributed by atoms with Gasteiger partial charge in [-0.05, 0) is 116 Å². The molecule has 10 aromatic carbocycles. The van der Waals surface area contributed by atoms with Crippen LogP contribution in [0, 0.1) is 0 Å². The first kappa shape index (κ1) is 33.6. The lowest BCUT2D eigenvalue weighted by Crippen LogP contribution is -2.11. The van der Waals surface area contributed by atoms with Crippen LogP contribution in [0.1, 0.15) is 0 Å². The quantitative estimate of drug-likeness (QED) is 0.162. The lowest BCUT2D eigenvalue weighted by Gasteiger charge is -2.28. The summed E-state index contributed by atoms with van der Waals surface area (Å²) in [4.78, 5) is 2.38. The molecule has 0 N–H and O–H groups in total. The van der Waals surface area contributed by atoms with E-state index < -0.39 is 0 Å². The molecule has 2 nitrogen and oxygen atoms in total. The van der Waals surface area contributed by atoms with Crippen molar-refractivity contribution in [1.82, 2.24) is 0 Å². The SMILES string of the molecule is c1ccc(-c2ccc(N(c3ccc(-c4cccc(-c5cccc6ccccc56)c4)cc3)c3ccccc3-c3ccc4c(ccc5c6ccccc6oc45)c3)cc2)cc1. The van der Waals surface area contributed by atoms with Crippen molar-refractivity contribution in [2.45, 2.75) is 0 Å². The van der Waals surface area contributed by atoms with Crippen LogP contribution >= 0.6 is 0 Å². The third-order valence-corrected chi connectivity index (χ3v) is 11.5. The molecule has 1 heterocycles. The summed E-state index contributed by atoms with van der Waals surface area (Å²) in [7, 11) is 0. The molecule has 0 saturated heterocycles. The van der Waals surface area contributed by atoms with Gasteiger partial charge in [-0.1, -0.05) is 164 Å². The monoisotopic (exact) mass is 739 g/mol. The standard InChI is InChI=1S/C56H37NO/c1-2-12-38(13-3-1)39-24-30-46(31-25-39)57(47-32-26-40(27-33-47)42-16-10-17-43(36-42)49-21-11-15-41-14-4-5-18-48(41)49)54-22-8-6-19-50(54)44-28-34-51-45(37-44)29-35-53-52-20-7-9-23-55(52)58-56(51)53/h1-37H.